The van der Waals surface area contributed by atoms with Crippen LogP contribution >= 0.6 is 22.6 Å². The van der Waals surface area contributed by atoms with Gasteiger partial charge in [0.1, 0.15) is 5.54 Å². The fourth-order valence-corrected chi connectivity index (χ4v) is 3.30. The maximum atomic E-state index is 12.8. The van der Waals surface area contributed by atoms with Gasteiger partial charge < -0.3 is 5.32 Å². The summed E-state index contributed by atoms with van der Waals surface area (Å²) in [6.45, 7) is 3.69. The molecule has 0 aliphatic heterocycles. The Morgan fingerprint density at radius 2 is 2.13 bits per heavy atom. The van der Waals surface area contributed by atoms with Crippen molar-refractivity contribution < 1.29 is 4.79 Å². The molecule has 0 spiro atoms. The lowest BCUT2D eigenvalue weighted by molar-refractivity contribution is -0.123. The molecule has 1 amide bonds. The SMILES string of the molecule is CC(C)(C(=O)Nc1ccc(C#N)c2c1CCC2)n1cc(I)cn1. The summed E-state index contributed by atoms with van der Waals surface area (Å²) >= 11 is 2.17. The second-order valence-corrected chi connectivity index (χ2v) is 7.45. The molecule has 6 heteroatoms. The van der Waals surface area contributed by atoms with Gasteiger partial charge in [-0.05, 0) is 79.0 Å². The highest BCUT2D eigenvalue weighted by Crippen LogP contribution is 2.32. The molecule has 0 saturated carbocycles. The van der Waals surface area contributed by atoms with E-state index in [-0.39, 0.29) is 5.91 Å². The van der Waals surface area contributed by atoms with E-state index >= 15 is 0 Å². The van der Waals surface area contributed by atoms with Crippen LogP contribution in [-0.4, -0.2) is 15.7 Å². The van der Waals surface area contributed by atoms with Crippen LogP contribution in [0.25, 0.3) is 0 Å². The number of halogens is 1. The molecule has 1 aliphatic rings. The van der Waals surface area contributed by atoms with E-state index in [4.69, 9.17) is 0 Å². The van der Waals surface area contributed by atoms with E-state index in [9.17, 15) is 10.1 Å². The van der Waals surface area contributed by atoms with Crippen LogP contribution < -0.4 is 5.32 Å². The molecule has 1 aliphatic carbocycles. The number of nitrogens with zero attached hydrogens (tertiary/aromatic N) is 3. The van der Waals surface area contributed by atoms with Crippen LogP contribution in [0.2, 0.25) is 0 Å². The zero-order chi connectivity index (χ0) is 16.6. The van der Waals surface area contributed by atoms with Crippen LogP contribution in [0.15, 0.2) is 24.5 Å². The number of hydrogen-bond acceptors (Lipinski definition) is 3. The van der Waals surface area contributed by atoms with Crippen molar-refractivity contribution in [2.75, 3.05) is 5.32 Å². The van der Waals surface area contributed by atoms with Gasteiger partial charge in [0.15, 0.2) is 0 Å². The first kappa shape index (κ1) is 16.0. The molecule has 3 rings (SSSR count). The Morgan fingerprint density at radius 1 is 1.39 bits per heavy atom. The maximum absolute atomic E-state index is 12.8. The first-order valence-electron chi connectivity index (χ1n) is 7.50. The van der Waals surface area contributed by atoms with Gasteiger partial charge in [0.05, 0.1) is 21.4 Å². The van der Waals surface area contributed by atoms with Gasteiger partial charge in [0, 0.05) is 11.9 Å². The van der Waals surface area contributed by atoms with E-state index in [1.54, 1.807) is 16.9 Å². The Labute approximate surface area is 148 Å². The van der Waals surface area contributed by atoms with Crippen molar-refractivity contribution in [1.29, 1.82) is 5.26 Å². The summed E-state index contributed by atoms with van der Waals surface area (Å²) in [6, 6.07) is 5.87. The molecule has 1 aromatic heterocycles. The Morgan fingerprint density at radius 3 is 2.78 bits per heavy atom. The Hall–Kier alpha value is -1.88. The van der Waals surface area contributed by atoms with Gasteiger partial charge in [0.2, 0.25) is 0 Å². The fraction of sp³-hybridized carbons (Fsp3) is 0.353. The number of carbonyl (C=O) groups is 1. The van der Waals surface area contributed by atoms with Crippen molar-refractivity contribution in [1.82, 2.24) is 9.78 Å². The second-order valence-electron chi connectivity index (χ2n) is 6.20. The van der Waals surface area contributed by atoms with E-state index in [0.29, 0.717) is 0 Å². The summed E-state index contributed by atoms with van der Waals surface area (Å²) in [5.41, 5.74) is 2.93. The number of hydrogen-bond donors (Lipinski definition) is 1. The highest BCUT2D eigenvalue weighted by molar-refractivity contribution is 14.1. The topological polar surface area (TPSA) is 70.7 Å². The molecule has 1 N–H and O–H groups in total. The highest BCUT2D eigenvalue weighted by Gasteiger charge is 2.31. The average Bonchev–Trinajstić information content (AvgIpc) is 3.16. The van der Waals surface area contributed by atoms with Gasteiger partial charge in [0.25, 0.3) is 5.91 Å². The first-order valence-corrected chi connectivity index (χ1v) is 8.58. The van der Waals surface area contributed by atoms with Crippen LogP contribution in [0.1, 0.15) is 37.0 Å². The van der Waals surface area contributed by atoms with Crippen molar-refractivity contribution in [3.05, 3.63) is 44.8 Å². The van der Waals surface area contributed by atoms with Gasteiger partial charge >= 0.3 is 0 Å². The van der Waals surface area contributed by atoms with Gasteiger partial charge in [-0.15, -0.1) is 0 Å². The van der Waals surface area contributed by atoms with Crippen LogP contribution in [0, 0.1) is 14.9 Å². The number of anilines is 1. The minimum Gasteiger partial charge on any atom is -0.324 e. The number of carbonyl (C=O) groups excluding carboxylic acids is 1. The van der Waals surface area contributed by atoms with Gasteiger partial charge in [-0.25, -0.2) is 0 Å². The van der Waals surface area contributed by atoms with E-state index in [1.165, 1.54) is 0 Å². The molecule has 118 valence electrons. The lowest BCUT2D eigenvalue weighted by Gasteiger charge is -2.25. The molecule has 2 aromatic rings. The number of benzene rings is 1. The predicted octanol–water partition coefficient (Wildman–Crippen LogP) is 3.22. The number of fused-ring (bicyclic) bond motifs is 1. The number of rotatable bonds is 3. The monoisotopic (exact) mass is 420 g/mol. The minimum atomic E-state index is -0.789. The van der Waals surface area contributed by atoms with Gasteiger partial charge in [-0.2, -0.15) is 10.4 Å². The molecule has 1 aromatic carbocycles. The Balaban J connectivity index is 1.90. The lowest BCUT2D eigenvalue weighted by atomic mass is 10.0. The fourth-order valence-electron chi connectivity index (χ4n) is 2.91. The molecular weight excluding hydrogens is 403 g/mol. The third kappa shape index (κ3) is 2.85. The second kappa shape index (κ2) is 5.96. The zero-order valence-electron chi connectivity index (χ0n) is 13.1. The van der Waals surface area contributed by atoms with Crippen LogP contribution in [0.4, 0.5) is 5.69 Å². The lowest BCUT2D eigenvalue weighted by Crippen LogP contribution is -2.40. The predicted molar refractivity (Wildman–Crippen MR) is 96.1 cm³/mol. The summed E-state index contributed by atoms with van der Waals surface area (Å²) in [7, 11) is 0. The number of nitrogens with one attached hydrogen (secondary N) is 1. The first-order chi connectivity index (χ1) is 10.9. The smallest absolute Gasteiger partial charge is 0.251 e. The molecule has 5 nitrogen and oxygen atoms in total. The molecule has 23 heavy (non-hydrogen) atoms. The molecule has 1 heterocycles. The molecule has 0 radical (unpaired) electrons. The van der Waals surface area contributed by atoms with E-state index in [0.717, 1.165) is 45.2 Å². The van der Waals surface area contributed by atoms with Crippen molar-refractivity contribution in [2.45, 2.75) is 38.6 Å². The van der Waals surface area contributed by atoms with Crippen LogP contribution in [0.5, 0.6) is 0 Å². The third-order valence-electron chi connectivity index (χ3n) is 4.33. The van der Waals surface area contributed by atoms with Crippen molar-refractivity contribution in [3.8, 4) is 6.07 Å². The summed E-state index contributed by atoms with van der Waals surface area (Å²) in [4.78, 5) is 12.8. The number of amides is 1. The van der Waals surface area contributed by atoms with E-state index < -0.39 is 5.54 Å². The zero-order valence-corrected chi connectivity index (χ0v) is 15.2. The van der Waals surface area contributed by atoms with Crippen LogP contribution in [-0.2, 0) is 23.2 Å². The van der Waals surface area contributed by atoms with Crippen molar-refractivity contribution in [3.63, 3.8) is 0 Å². The number of aromatic nitrogens is 2. The molecule has 0 atom stereocenters. The largest absolute Gasteiger partial charge is 0.324 e. The highest BCUT2D eigenvalue weighted by atomic mass is 127. The summed E-state index contributed by atoms with van der Waals surface area (Å²) < 4.78 is 2.66. The van der Waals surface area contributed by atoms with Crippen molar-refractivity contribution >= 4 is 34.2 Å². The summed E-state index contributed by atoms with van der Waals surface area (Å²) in [6.07, 6.45) is 6.42. The van der Waals surface area contributed by atoms with Gasteiger partial charge in [-0.1, -0.05) is 0 Å². The Bertz CT molecular complexity index is 816. The Kier molecular flexibility index (Phi) is 4.15. The summed E-state index contributed by atoms with van der Waals surface area (Å²) in [5.74, 6) is -0.115. The summed E-state index contributed by atoms with van der Waals surface area (Å²) in [5, 5.41) is 16.5. The molecule has 0 saturated heterocycles. The maximum Gasteiger partial charge on any atom is 0.251 e. The van der Waals surface area contributed by atoms with Gasteiger partial charge in [-0.3, -0.25) is 9.48 Å². The normalized spacial score (nSPS) is 13.5. The molecule has 0 unspecified atom stereocenters. The quantitative estimate of drug-likeness (QED) is 0.776. The molecular formula is C17H17IN4O. The minimum absolute atomic E-state index is 0.115. The number of nitriles is 1. The van der Waals surface area contributed by atoms with E-state index in [1.807, 2.05) is 26.1 Å². The molecule has 0 fully saturated rings. The van der Waals surface area contributed by atoms with Crippen molar-refractivity contribution in [2.24, 2.45) is 0 Å². The average molecular weight is 420 g/mol. The molecule has 0 bridgehead atoms. The standard InChI is InChI=1S/C17H17IN4O/c1-17(2,22-10-12(18)9-20-22)16(23)21-15-7-6-11(8-19)13-4-3-5-14(13)15/h6-7,9-10H,3-5H2,1-2H3,(H,21,23). The third-order valence-corrected chi connectivity index (χ3v) is 4.89. The van der Waals surface area contributed by atoms with Crippen LogP contribution in [0.3, 0.4) is 0 Å². The van der Waals surface area contributed by atoms with E-state index in [2.05, 4.69) is 39.1 Å².